The van der Waals surface area contributed by atoms with Crippen molar-refractivity contribution in [2.24, 2.45) is 0 Å². The van der Waals surface area contributed by atoms with Crippen molar-refractivity contribution in [2.45, 2.75) is 25.4 Å². The van der Waals surface area contributed by atoms with Gasteiger partial charge < -0.3 is 19.5 Å². The van der Waals surface area contributed by atoms with Gasteiger partial charge in [-0.15, -0.1) is 0 Å². The van der Waals surface area contributed by atoms with E-state index >= 15 is 0 Å². The first-order valence-corrected chi connectivity index (χ1v) is 12.8. The molecule has 194 valence electrons. The molecular formula is C32H26N2O5. The van der Waals surface area contributed by atoms with Gasteiger partial charge in [-0.05, 0) is 78.1 Å². The molecule has 1 fully saturated rings. The van der Waals surface area contributed by atoms with E-state index in [1.54, 1.807) is 36.7 Å². The van der Waals surface area contributed by atoms with Gasteiger partial charge in [0.15, 0.2) is 0 Å². The SMILES string of the molecule is O=C1C(=O)N(Cc2cccnc2)C(c2cccc(Oc3ccccc3)c2)/C1=C(/O)c1ccc2c(c1)CCCO2. The Morgan fingerprint density at radius 3 is 2.64 bits per heavy atom. The molecule has 7 heteroatoms. The van der Waals surface area contributed by atoms with Crippen LogP contribution in [-0.4, -0.2) is 33.3 Å². The molecule has 1 amide bonds. The van der Waals surface area contributed by atoms with Crippen molar-refractivity contribution in [1.82, 2.24) is 9.88 Å². The molecule has 3 aromatic carbocycles. The smallest absolute Gasteiger partial charge is 0.295 e. The molecule has 0 radical (unpaired) electrons. The minimum Gasteiger partial charge on any atom is -0.507 e. The molecular weight excluding hydrogens is 492 g/mol. The zero-order chi connectivity index (χ0) is 26.8. The van der Waals surface area contributed by atoms with Crippen LogP contribution >= 0.6 is 0 Å². The van der Waals surface area contributed by atoms with Crippen LogP contribution in [0, 0.1) is 0 Å². The lowest BCUT2D eigenvalue weighted by Gasteiger charge is -2.26. The second-order valence-electron chi connectivity index (χ2n) is 9.55. The van der Waals surface area contributed by atoms with Gasteiger partial charge >= 0.3 is 0 Å². The zero-order valence-corrected chi connectivity index (χ0v) is 21.1. The topological polar surface area (TPSA) is 89.0 Å². The average Bonchev–Trinajstić information content (AvgIpc) is 3.22. The number of rotatable bonds is 6. The Labute approximate surface area is 226 Å². The Balaban J connectivity index is 1.45. The number of amides is 1. The van der Waals surface area contributed by atoms with E-state index in [9.17, 15) is 14.7 Å². The number of ketones is 1. The number of aryl methyl sites for hydroxylation is 1. The van der Waals surface area contributed by atoms with Gasteiger partial charge in [0.2, 0.25) is 0 Å². The molecule has 2 aliphatic rings. The number of hydrogen-bond acceptors (Lipinski definition) is 6. The summed E-state index contributed by atoms with van der Waals surface area (Å²) in [6.07, 6.45) is 5.00. The highest BCUT2D eigenvalue weighted by Gasteiger charge is 2.46. The Bertz CT molecular complexity index is 1570. The number of Topliss-reactive ketones (excluding diaryl/α,β-unsaturated/α-hetero) is 1. The number of likely N-dealkylation sites (tertiary alicyclic amines) is 1. The first-order valence-electron chi connectivity index (χ1n) is 12.8. The van der Waals surface area contributed by atoms with E-state index in [-0.39, 0.29) is 17.9 Å². The maximum atomic E-state index is 13.5. The van der Waals surface area contributed by atoms with E-state index < -0.39 is 17.7 Å². The zero-order valence-electron chi connectivity index (χ0n) is 21.1. The van der Waals surface area contributed by atoms with E-state index in [1.807, 2.05) is 60.7 Å². The molecule has 4 aromatic rings. The van der Waals surface area contributed by atoms with Crippen LogP contribution in [0.15, 0.2) is 103 Å². The van der Waals surface area contributed by atoms with Crippen molar-refractivity contribution >= 4 is 17.4 Å². The number of hydrogen-bond donors (Lipinski definition) is 1. The lowest BCUT2D eigenvalue weighted by atomic mass is 9.93. The van der Waals surface area contributed by atoms with Crippen molar-refractivity contribution < 1.29 is 24.2 Å². The molecule has 6 rings (SSSR count). The Kier molecular flexibility index (Phi) is 6.55. The summed E-state index contributed by atoms with van der Waals surface area (Å²) in [5.41, 5.74) is 2.89. The Hall–Kier alpha value is -4.91. The van der Waals surface area contributed by atoms with Gasteiger partial charge in [-0.2, -0.15) is 0 Å². The summed E-state index contributed by atoms with van der Waals surface area (Å²) >= 11 is 0. The summed E-state index contributed by atoms with van der Waals surface area (Å²) in [4.78, 5) is 32.5. The van der Waals surface area contributed by atoms with Crippen LogP contribution < -0.4 is 9.47 Å². The summed E-state index contributed by atoms with van der Waals surface area (Å²) in [7, 11) is 0. The standard InChI is InChI=1S/C32H26N2O5/c35-30(24-13-14-27-22(17-24)9-6-16-38-27)28-29(34(32(37)31(28)36)20-21-7-5-15-33-19-21)23-8-4-12-26(18-23)39-25-10-2-1-3-11-25/h1-5,7-8,10-15,17-19,29,35H,6,9,16,20H2/b30-28-. The Morgan fingerprint density at radius 1 is 0.974 bits per heavy atom. The van der Waals surface area contributed by atoms with Crippen molar-refractivity contribution in [3.05, 3.63) is 125 Å². The van der Waals surface area contributed by atoms with Gasteiger partial charge in [-0.1, -0.05) is 36.4 Å². The van der Waals surface area contributed by atoms with Crippen molar-refractivity contribution in [3.63, 3.8) is 0 Å². The summed E-state index contributed by atoms with van der Waals surface area (Å²) in [6.45, 7) is 0.806. The summed E-state index contributed by atoms with van der Waals surface area (Å²) in [5.74, 6) is 0.365. The minimum absolute atomic E-state index is 0.0393. The molecule has 3 heterocycles. The van der Waals surface area contributed by atoms with E-state index in [2.05, 4.69) is 4.98 Å². The van der Waals surface area contributed by atoms with Gasteiger partial charge in [-0.3, -0.25) is 14.6 Å². The molecule has 0 saturated carbocycles. The van der Waals surface area contributed by atoms with Gasteiger partial charge in [0, 0.05) is 24.5 Å². The minimum atomic E-state index is -0.822. The predicted octanol–water partition coefficient (Wildman–Crippen LogP) is 5.82. The molecule has 0 spiro atoms. The molecule has 0 bridgehead atoms. The van der Waals surface area contributed by atoms with Crippen LogP contribution in [0.2, 0.25) is 0 Å². The molecule has 1 saturated heterocycles. The number of ether oxygens (including phenoxy) is 2. The molecule has 1 atom stereocenters. The highest BCUT2D eigenvalue weighted by atomic mass is 16.5. The fourth-order valence-electron chi connectivity index (χ4n) is 5.11. The largest absolute Gasteiger partial charge is 0.507 e. The second kappa shape index (κ2) is 10.5. The molecule has 2 aliphatic heterocycles. The number of para-hydroxylation sites is 1. The number of aliphatic hydroxyl groups excluding tert-OH is 1. The number of fused-ring (bicyclic) bond motifs is 1. The van der Waals surface area contributed by atoms with Crippen LogP contribution in [0.4, 0.5) is 0 Å². The van der Waals surface area contributed by atoms with Crippen molar-refractivity contribution in [1.29, 1.82) is 0 Å². The van der Waals surface area contributed by atoms with Gasteiger partial charge in [-0.25, -0.2) is 0 Å². The van der Waals surface area contributed by atoms with Crippen LogP contribution in [0.25, 0.3) is 5.76 Å². The molecule has 7 nitrogen and oxygen atoms in total. The lowest BCUT2D eigenvalue weighted by Crippen LogP contribution is -2.29. The number of carbonyl (C=O) groups excluding carboxylic acids is 2. The Morgan fingerprint density at radius 2 is 1.82 bits per heavy atom. The molecule has 1 N–H and O–H groups in total. The van der Waals surface area contributed by atoms with E-state index in [0.717, 1.165) is 29.7 Å². The van der Waals surface area contributed by atoms with Crippen molar-refractivity contribution in [2.75, 3.05) is 6.61 Å². The number of pyridine rings is 1. The number of aliphatic hydroxyl groups is 1. The molecule has 1 unspecified atom stereocenters. The van der Waals surface area contributed by atoms with Crippen LogP contribution in [0.5, 0.6) is 17.2 Å². The van der Waals surface area contributed by atoms with Gasteiger partial charge in [0.05, 0.1) is 18.2 Å². The van der Waals surface area contributed by atoms with E-state index in [0.29, 0.717) is 29.2 Å². The molecule has 1 aromatic heterocycles. The number of benzene rings is 3. The van der Waals surface area contributed by atoms with E-state index in [4.69, 9.17) is 9.47 Å². The fourth-order valence-corrected chi connectivity index (χ4v) is 5.11. The average molecular weight is 519 g/mol. The van der Waals surface area contributed by atoms with Crippen LogP contribution in [-0.2, 0) is 22.6 Å². The second-order valence-corrected chi connectivity index (χ2v) is 9.55. The van der Waals surface area contributed by atoms with Crippen LogP contribution in [0.3, 0.4) is 0 Å². The monoisotopic (exact) mass is 518 g/mol. The van der Waals surface area contributed by atoms with E-state index in [1.165, 1.54) is 4.90 Å². The number of carbonyl (C=O) groups is 2. The maximum Gasteiger partial charge on any atom is 0.295 e. The first-order chi connectivity index (χ1) is 19.1. The third kappa shape index (κ3) is 4.86. The molecule has 0 aliphatic carbocycles. The highest BCUT2D eigenvalue weighted by Crippen LogP contribution is 2.42. The van der Waals surface area contributed by atoms with Crippen LogP contribution in [0.1, 0.15) is 34.7 Å². The number of nitrogens with zero attached hydrogens (tertiary/aromatic N) is 2. The first kappa shape index (κ1) is 24.4. The fraction of sp³-hybridized carbons (Fsp3) is 0.156. The predicted molar refractivity (Wildman–Crippen MR) is 145 cm³/mol. The summed E-state index contributed by atoms with van der Waals surface area (Å²) < 4.78 is 11.7. The highest BCUT2D eigenvalue weighted by molar-refractivity contribution is 6.46. The normalized spacial score (nSPS) is 17.9. The molecule has 39 heavy (non-hydrogen) atoms. The number of aromatic nitrogens is 1. The third-order valence-corrected chi connectivity index (χ3v) is 6.95. The summed E-state index contributed by atoms with van der Waals surface area (Å²) in [5, 5.41) is 11.5. The van der Waals surface area contributed by atoms with Gasteiger partial charge in [0.1, 0.15) is 23.0 Å². The summed E-state index contributed by atoms with van der Waals surface area (Å²) in [6, 6.07) is 24.8. The van der Waals surface area contributed by atoms with Crippen molar-refractivity contribution in [3.8, 4) is 17.2 Å². The third-order valence-electron chi connectivity index (χ3n) is 6.95. The quantitative estimate of drug-likeness (QED) is 0.197. The van der Waals surface area contributed by atoms with Gasteiger partial charge in [0.25, 0.3) is 11.7 Å². The maximum absolute atomic E-state index is 13.5. The lowest BCUT2D eigenvalue weighted by molar-refractivity contribution is -0.140.